The molecule has 0 aliphatic carbocycles. The molecule has 0 aliphatic heterocycles. The van der Waals surface area contributed by atoms with Gasteiger partial charge < -0.3 is 11.0 Å². The molecule has 4 N–H and O–H groups in total. The van der Waals surface area contributed by atoms with E-state index in [-0.39, 0.29) is 116 Å². The van der Waals surface area contributed by atoms with Gasteiger partial charge in [-0.2, -0.15) is 0 Å². The molecule has 0 saturated heterocycles. The van der Waals surface area contributed by atoms with Gasteiger partial charge in [0, 0.05) is 105 Å². The van der Waals surface area contributed by atoms with Crippen molar-refractivity contribution >= 4 is 0 Å². The fourth-order valence-corrected chi connectivity index (χ4v) is 0. The summed E-state index contributed by atoms with van der Waals surface area (Å²) in [5.74, 6) is 0. The van der Waals surface area contributed by atoms with Crippen LogP contribution < -0.4 is 0 Å². The van der Waals surface area contributed by atoms with Crippen molar-refractivity contribution in [1.82, 2.24) is 0 Å². The molecule has 0 aromatic carbocycles. The molecule has 5 heavy (non-hydrogen) atoms. The van der Waals surface area contributed by atoms with Crippen LogP contribution in [-0.4, -0.2) is 11.0 Å². The normalized spacial score (nSPS) is 0. The van der Waals surface area contributed by atoms with Gasteiger partial charge in [0.25, 0.3) is 0 Å². The molecule has 3 radical (unpaired) electrons. The van der Waals surface area contributed by atoms with Gasteiger partial charge in [-0.3, -0.25) is 0 Å². The molecule has 2 nitrogen and oxygen atoms in total. The minimum atomic E-state index is 0. The molecule has 33 valence electrons. The first-order valence-corrected chi connectivity index (χ1v) is 0. The van der Waals surface area contributed by atoms with Gasteiger partial charge in [0.05, 0.1) is 0 Å². The summed E-state index contributed by atoms with van der Waals surface area (Å²) >= 11 is 0. The van der Waals surface area contributed by atoms with Crippen molar-refractivity contribution in [2.24, 2.45) is 0 Å². The summed E-state index contributed by atoms with van der Waals surface area (Å²) < 4.78 is 0. The molecule has 0 unspecified atom stereocenters. The largest absolute Gasteiger partial charge is 0.412 e. The summed E-state index contributed by atoms with van der Waals surface area (Å²) in [6, 6.07) is 0. The van der Waals surface area contributed by atoms with E-state index in [1.807, 2.05) is 0 Å². The van der Waals surface area contributed by atoms with Crippen LogP contribution in [0, 0.1) is 88.1 Å². The monoisotopic (exact) mass is 553 g/mol. The molecule has 0 fully saturated rings. The third kappa shape index (κ3) is 18.8. The second-order valence-electron chi connectivity index (χ2n) is 0. The van der Waals surface area contributed by atoms with E-state index in [9.17, 15) is 0 Å². The zero-order valence-corrected chi connectivity index (χ0v) is 12.9. The van der Waals surface area contributed by atoms with E-state index in [2.05, 4.69) is 0 Å². The molecule has 5 heteroatoms. The second kappa shape index (κ2) is 26.5. The maximum atomic E-state index is 0. The summed E-state index contributed by atoms with van der Waals surface area (Å²) in [6.45, 7) is 0. The smallest absolute Gasteiger partial charge is 0 e. The van der Waals surface area contributed by atoms with Crippen molar-refractivity contribution < 1.29 is 116 Å². The van der Waals surface area contributed by atoms with Crippen LogP contribution in [0.4, 0.5) is 0 Å². The minimum absolute atomic E-state index is 0. The van der Waals surface area contributed by atoms with Gasteiger partial charge in [0.2, 0.25) is 0 Å². The van der Waals surface area contributed by atoms with Gasteiger partial charge in [0.15, 0.2) is 0 Å². The van der Waals surface area contributed by atoms with Gasteiger partial charge in [-0.25, -0.2) is 0 Å². The fourth-order valence-electron chi connectivity index (χ4n) is 0. The van der Waals surface area contributed by atoms with Crippen molar-refractivity contribution in [3.63, 3.8) is 0 Å². The van der Waals surface area contributed by atoms with Crippen molar-refractivity contribution in [3.8, 4) is 0 Å². The SMILES string of the molecule is O.O.[Ac].[Ac].[Cu]. The number of hydrogen-bond acceptors (Lipinski definition) is 0. The number of rotatable bonds is 0. The zero-order chi connectivity index (χ0) is 0. The van der Waals surface area contributed by atoms with Crippen LogP contribution >= 0.6 is 0 Å². The quantitative estimate of drug-likeness (QED) is 0.323. The van der Waals surface area contributed by atoms with Crippen molar-refractivity contribution in [2.45, 2.75) is 0 Å². The van der Waals surface area contributed by atoms with E-state index in [0.29, 0.717) is 0 Å². The average Bonchev–Trinajstić information content (AvgIpc) is 0. The summed E-state index contributed by atoms with van der Waals surface area (Å²) in [5.41, 5.74) is 0. The predicted molar refractivity (Wildman–Crippen MR) is 7.23 cm³/mol. The van der Waals surface area contributed by atoms with Crippen molar-refractivity contribution in [1.29, 1.82) is 0 Å². The molecule has 0 atom stereocenters. The Hall–Kier alpha value is 3.32. The van der Waals surface area contributed by atoms with Crippen molar-refractivity contribution in [2.75, 3.05) is 0 Å². The molecule has 0 rings (SSSR count). The van der Waals surface area contributed by atoms with E-state index >= 15 is 0 Å². The van der Waals surface area contributed by atoms with Crippen LogP contribution in [-0.2, 0) is 17.1 Å². The van der Waals surface area contributed by atoms with Crippen LogP contribution in [0.1, 0.15) is 0 Å². The first-order valence-electron chi connectivity index (χ1n) is 0. The fraction of sp³-hybridized carbons (Fsp3) is 0. The van der Waals surface area contributed by atoms with Gasteiger partial charge in [-0.15, -0.1) is 0 Å². The summed E-state index contributed by atoms with van der Waals surface area (Å²) in [7, 11) is 0. The zero-order valence-electron chi connectivity index (χ0n) is 2.46. The molecule has 0 aromatic heterocycles. The van der Waals surface area contributed by atoms with Crippen LogP contribution in [0.2, 0.25) is 0 Å². The minimum Gasteiger partial charge on any atom is -0.412 e. The van der Waals surface area contributed by atoms with Crippen LogP contribution in [0.25, 0.3) is 0 Å². The van der Waals surface area contributed by atoms with E-state index < -0.39 is 0 Å². The van der Waals surface area contributed by atoms with Crippen molar-refractivity contribution in [3.05, 3.63) is 0 Å². The molecule has 0 spiro atoms. The maximum Gasteiger partial charge on any atom is 0 e. The summed E-state index contributed by atoms with van der Waals surface area (Å²) in [6.07, 6.45) is 0. The van der Waals surface area contributed by atoms with Crippen LogP contribution in [0.5, 0.6) is 0 Å². The van der Waals surface area contributed by atoms with Crippen LogP contribution in [0.15, 0.2) is 0 Å². The summed E-state index contributed by atoms with van der Waals surface area (Å²) in [5, 5.41) is 0. The van der Waals surface area contributed by atoms with Gasteiger partial charge in [0.1, 0.15) is 0 Å². The van der Waals surface area contributed by atoms with Crippen LogP contribution in [0.3, 0.4) is 0 Å². The van der Waals surface area contributed by atoms with E-state index in [1.54, 1.807) is 0 Å². The Kier molecular flexibility index (Phi) is 214. The Bertz CT molecular complexity index is 7.61. The molecular formula is H4Ac2CuO2. The third-order valence-corrected chi connectivity index (χ3v) is 0. The van der Waals surface area contributed by atoms with Gasteiger partial charge in [-0.1, -0.05) is 0 Å². The van der Waals surface area contributed by atoms with Gasteiger partial charge >= 0.3 is 0 Å². The van der Waals surface area contributed by atoms with Gasteiger partial charge in [-0.05, 0) is 0 Å². The molecule has 0 saturated carbocycles. The Labute approximate surface area is 113 Å². The molecule has 0 heterocycles. The van der Waals surface area contributed by atoms with E-state index in [1.165, 1.54) is 0 Å². The van der Waals surface area contributed by atoms with E-state index in [4.69, 9.17) is 0 Å². The predicted octanol–water partition coefficient (Wildman–Crippen LogP) is -1.65. The Morgan fingerprint density at radius 2 is 0.600 bits per heavy atom. The number of hydrogen-bond donors (Lipinski definition) is 0. The molecule has 0 aliphatic rings. The van der Waals surface area contributed by atoms with E-state index in [0.717, 1.165) is 0 Å². The average molecular weight is 554 g/mol. The topological polar surface area (TPSA) is 63.0 Å². The second-order valence-corrected chi connectivity index (χ2v) is 0. The first-order chi connectivity index (χ1) is 0. The first kappa shape index (κ1) is 40.4. The molecule has 0 aromatic rings. The maximum absolute atomic E-state index is 0. The summed E-state index contributed by atoms with van der Waals surface area (Å²) in [4.78, 5) is 0. The molecule has 0 bridgehead atoms. The molecule has 0 amide bonds. The Balaban J connectivity index is 0. The third-order valence-electron chi connectivity index (χ3n) is 0. The molecular weight excluding hydrogens is 550 g/mol. The standard InChI is InChI=1S/2Ac.Cu.2H2O/h;;;2*1H2. The Morgan fingerprint density at radius 3 is 0.600 bits per heavy atom. The Morgan fingerprint density at radius 1 is 0.600 bits per heavy atom.